The second kappa shape index (κ2) is 19.0. The van der Waals surface area contributed by atoms with E-state index < -0.39 is 0 Å². The molecular formula is C43H51N5O5. The molecule has 1 unspecified atom stereocenters. The monoisotopic (exact) mass is 717 g/mol. The van der Waals surface area contributed by atoms with Crippen LogP contribution in [0.3, 0.4) is 0 Å². The van der Waals surface area contributed by atoms with E-state index in [-0.39, 0.29) is 17.9 Å². The number of hydrogen-bond donors (Lipinski definition) is 3. The molecule has 3 aromatic carbocycles. The number of H-pyrrole nitrogens is 1. The van der Waals surface area contributed by atoms with Gasteiger partial charge in [0.15, 0.2) is 12.1 Å². The number of aromatic amines is 1. The van der Waals surface area contributed by atoms with E-state index in [0.29, 0.717) is 36.9 Å². The molecule has 7 rings (SSSR count). The predicted octanol–water partition coefficient (Wildman–Crippen LogP) is 6.88. The van der Waals surface area contributed by atoms with Crippen LogP contribution in [0, 0.1) is 11.8 Å². The Labute approximate surface area is 312 Å². The molecule has 0 bridgehead atoms. The van der Waals surface area contributed by atoms with Gasteiger partial charge < -0.3 is 29.8 Å². The third-order valence-corrected chi connectivity index (χ3v) is 10.5. The van der Waals surface area contributed by atoms with Crippen molar-refractivity contribution in [1.82, 2.24) is 25.2 Å². The van der Waals surface area contributed by atoms with Crippen LogP contribution in [0.1, 0.15) is 66.6 Å². The van der Waals surface area contributed by atoms with Gasteiger partial charge in [-0.25, -0.2) is 9.97 Å². The molecule has 53 heavy (non-hydrogen) atoms. The second-order valence-electron chi connectivity index (χ2n) is 13.7. The lowest BCUT2D eigenvalue weighted by Crippen LogP contribution is -2.56. The lowest BCUT2D eigenvalue weighted by molar-refractivity contribution is -0.141. The maximum absolute atomic E-state index is 12.7. The molecule has 1 atom stereocenters. The van der Waals surface area contributed by atoms with E-state index >= 15 is 0 Å². The molecule has 1 aliphatic carbocycles. The van der Waals surface area contributed by atoms with E-state index in [1.54, 1.807) is 25.1 Å². The largest absolute Gasteiger partial charge is 0.497 e. The maximum Gasteiger partial charge on any atom is 0.240 e. The predicted molar refractivity (Wildman–Crippen MR) is 209 cm³/mol. The molecule has 10 heteroatoms. The molecule has 1 amide bonds. The number of aliphatic hydroxyl groups is 1. The number of likely N-dealkylation sites (tertiary alicyclic amines) is 1. The Bertz CT molecular complexity index is 1910. The Hall–Kier alpha value is -5.19. The summed E-state index contributed by atoms with van der Waals surface area (Å²) in [5.74, 6) is 3.12. The number of carbonyl (C=O) groups excluding carboxylic acids is 3. The van der Waals surface area contributed by atoms with Crippen molar-refractivity contribution in [2.75, 3.05) is 34.4 Å². The first-order valence-corrected chi connectivity index (χ1v) is 18.4. The summed E-state index contributed by atoms with van der Waals surface area (Å²) in [7, 11) is 4.42. The molecule has 1 saturated heterocycles. The van der Waals surface area contributed by atoms with Gasteiger partial charge in [-0.05, 0) is 91.9 Å². The number of nitrogens with one attached hydrogen (secondary N) is 2. The summed E-state index contributed by atoms with van der Waals surface area (Å²) in [5, 5.41) is 11.1. The summed E-state index contributed by atoms with van der Waals surface area (Å²) < 4.78 is 5.06. The highest BCUT2D eigenvalue weighted by Gasteiger charge is 2.33. The number of fused-ring (bicyclic) bond motifs is 1. The molecule has 2 fully saturated rings. The van der Waals surface area contributed by atoms with Gasteiger partial charge in [-0.2, -0.15) is 0 Å². The number of hydrogen-bond acceptors (Lipinski definition) is 8. The van der Waals surface area contributed by atoms with Crippen molar-refractivity contribution in [3.05, 3.63) is 102 Å². The number of nitrogens with zero attached hydrogens (tertiary/aromatic N) is 3. The van der Waals surface area contributed by atoms with Gasteiger partial charge in [0.1, 0.15) is 12.0 Å². The minimum atomic E-state index is -0.304. The van der Waals surface area contributed by atoms with E-state index in [9.17, 15) is 14.4 Å². The zero-order valence-corrected chi connectivity index (χ0v) is 31.1. The molecule has 10 nitrogen and oxygen atoms in total. The van der Waals surface area contributed by atoms with Gasteiger partial charge in [0, 0.05) is 60.5 Å². The van der Waals surface area contributed by atoms with Crippen LogP contribution in [0.4, 0.5) is 0 Å². The molecule has 0 spiro atoms. The van der Waals surface area contributed by atoms with Crippen LogP contribution in [0.5, 0.6) is 5.75 Å². The quantitative estimate of drug-likeness (QED) is 0.126. The summed E-state index contributed by atoms with van der Waals surface area (Å²) in [6.45, 7) is 3.36. The number of methoxy groups -OCH3 is 1. The van der Waals surface area contributed by atoms with E-state index in [4.69, 9.17) is 9.84 Å². The van der Waals surface area contributed by atoms with Gasteiger partial charge in [0.2, 0.25) is 5.91 Å². The average Bonchev–Trinajstić information content (AvgIpc) is 3.64. The first kappa shape index (κ1) is 39.0. The lowest BCUT2D eigenvalue weighted by Gasteiger charge is -2.38. The van der Waals surface area contributed by atoms with Crippen LogP contribution in [-0.2, 0) is 16.0 Å². The SMILES string of the molecule is CCC1CCC(c2ccc(-c3cnc(-c4ccc(CC(NC)C(=O)N5CC(C=O)C5)cc4)nc3)cc2)CC1.CO.COc1ccc2[nH]c(C=O)cc2c1. The molecule has 0 radical (unpaired) electrons. The lowest BCUT2D eigenvalue weighted by atomic mass is 9.78. The smallest absolute Gasteiger partial charge is 0.240 e. The standard InChI is InChI=1S/C32H38N4O2.C10H9NO2.CH4O/c1-3-22-4-8-25(9-5-22)26-12-14-27(15-13-26)29-17-34-31(35-18-29)28-10-6-23(7-11-28)16-30(33-2)32(38)36-19-24(20-36)21-37;1-13-9-2-3-10-7(5-9)4-8(6-12)11-10;1-2/h6-7,10-15,17-18,21-22,24-25,30,33H,3-5,8-9,16,19-20H2,1-2H3;2-6,11H,1H3;2H,1H3. The summed E-state index contributed by atoms with van der Waals surface area (Å²) in [4.78, 5) is 48.0. The number of aromatic nitrogens is 3. The number of ether oxygens (including phenoxy) is 1. The van der Waals surface area contributed by atoms with Crippen molar-refractivity contribution in [2.45, 2.75) is 57.4 Å². The molecule has 278 valence electrons. The summed E-state index contributed by atoms with van der Waals surface area (Å²) in [6, 6.07) is 24.2. The number of rotatable bonds is 11. The molecule has 1 saturated carbocycles. The van der Waals surface area contributed by atoms with Crippen LogP contribution in [0.15, 0.2) is 85.2 Å². The van der Waals surface area contributed by atoms with Gasteiger partial charge >= 0.3 is 0 Å². The Morgan fingerprint density at radius 2 is 1.58 bits per heavy atom. The van der Waals surface area contributed by atoms with Crippen LogP contribution >= 0.6 is 0 Å². The maximum atomic E-state index is 12.7. The van der Waals surface area contributed by atoms with Crippen LogP contribution in [0.2, 0.25) is 0 Å². The van der Waals surface area contributed by atoms with E-state index in [1.165, 1.54) is 37.7 Å². The number of aliphatic hydroxyl groups excluding tert-OH is 1. The number of benzene rings is 3. The van der Waals surface area contributed by atoms with Gasteiger partial charge in [0.25, 0.3) is 0 Å². The molecule has 1 aliphatic heterocycles. The number of aldehydes is 2. The van der Waals surface area contributed by atoms with Gasteiger partial charge in [-0.3, -0.25) is 9.59 Å². The van der Waals surface area contributed by atoms with Crippen LogP contribution in [0.25, 0.3) is 33.4 Å². The zero-order valence-electron chi connectivity index (χ0n) is 31.1. The minimum Gasteiger partial charge on any atom is -0.497 e. The van der Waals surface area contributed by atoms with Crippen LogP contribution in [-0.4, -0.2) is 83.8 Å². The molecule has 3 N–H and O–H groups in total. The Morgan fingerprint density at radius 3 is 2.17 bits per heavy atom. The number of carbonyl (C=O) groups is 3. The third-order valence-electron chi connectivity index (χ3n) is 10.5. The minimum absolute atomic E-state index is 0.0168. The van der Waals surface area contributed by atoms with Crippen molar-refractivity contribution >= 4 is 29.4 Å². The normalized spacial score (nSPS) is 17.3. The van der Waals surface area contributed by atoms with E-state index in [2.05, 4.69) is 51.5 Å². The van der Waals surface area contributed by atoms with Gasteiger partial charge in [-0.1, -0.05) is 61.9 Å². The number of likely N-dealkylation sites (N-methyl/N-ethyl adjacent to an activating group) is 1. The summed E-state index contributed by atoms with van der Waals surface area (Å²) >= 11 is 0. The Balaban J connectivity index is 0.000000301. The number of amides is 1. The molecule has 5 aromatic rings. The highest BCUT2D eigenvalue weighted by atomic mass is 16.5. The van der Waals surface area contributed by atoms with Gasteiger partial charge in [-0.15, -0.1) is 0 Å². The van der Waals surface area contributed by atoms with Crippen molar-refractivity contribution in [1.29, 1.82) is 0 Å². The summed E-state index contributed by atoms with van der Waals surface area (Å²) in [5.41, 5.74) is 7.16. The van der Waals surface area contributed by atoms with Crippen molar-refractivity contribution in [2.24, 2.45) is 11.8 Å². The fourth-order valence-corrected chi connectivity index (χ4v) is 7.14. The molecule has 2 aromatic heterocycles. The fourth-order valence-electron chi connectivity index (χ4n) is 7.14. The first-order valence-electron chi connectivity index (χ1n) is 18.4. The highest BCUT2D eigenvalue weighted by Crippen LogP contribution is 2.37. The second-order valence-corrected chi connectivity index (χ2v) is 13.7. The van der Waals surface area contributed by atoms with E-state index in [1.807, 2.05) is 54.9 Å². The van der Waals surface area contributed by atoms with Crippen molar-refractivity contribution in [3.63, 3.8) is 0 Å². The highest BCUT2D eigenvalue weighted by molar-refractivity contribution is 5.88. The van der Waals surface area contributed by atoms with E-state index in [0.717, 1.165) is 64.5 Å². The molecular weight excluding hydrogens is 667 g/mol. The van der Waals surface area contributed by atoms with Crippen molar-refractivity contribution in [3.8, 4) is 28.3 Å². The Morgan fingerprint density at radius 1 is 0.925 bits per heavy atom. The molecule has 2 aliphatic rings. The van der Waals surface area contributed by atoms with Crippen molar-refractivity contribution < 1.29 is 24.2 Å². The average molecular weight is 718 g/mol. The topological polar surface area (TPSA) is 138 Å². The fraction of sp³-hybridized carbons (Fsp3) is 0.372. The molecule has 3 heterocycles. The first-order chi connectivity index (χ1) is 25.9. The van der Waals surface area contributed by atoms with Gasteiger partial charge in [0.05, 0.1) is 18.8 Å². The third kappa shape index (κ3) is 9.82. The Kier molecular flexibility index (Phi) is 14.0. The zero-order chi connectivity index (χ0) is 37.7. The summed E-state index contributed by atoms with van der Waals surface area (Å²) in [6.07, 6.45) is 12.7. The van der Waals surface area contributed by atoms with Crippen LogP contribution < -0.4 is 10.1 Å².